The standard InChI is InChI=1S/C15H19ClN2O3S2/c1-18(2)14(11-6-7-22-10-11)9-17-23(19,20)12-4-5-15(21-3)13(16)8-12/h4-8,10,14,17H,9H2,1-3H3/t14-/m0/s1. The summed E-state index contributed by atoms with van der Waals surface area (Å²) in [5.41, 5.74) is 1.08. The van der Waals surface area contributed by atoms with Crippen LogP contribution in [-0.2, 0) is 10.0 Å². The van der Waals surface area contributed by atoms with Gasteiger partial charge in [-0.2, -0.15) is 11.3 Å². The number of methoxy groups -OCH3 is 1. The van der Waals surface area contributed by atoms with Crippen molar-refractivity contribution in [2.75, 3.05) is 27.7 Å². The van der Waals surface area contributed by atoms with Gasteiger partial charge in [-0.1, -0.05) is 11.6 Å². The molecular formula is C15H19ClN2O3S2. The molecule has 0 aliphatic heterocycles. The normalized spacial score (nSPS) is 13.3. The lowest BCUT2D eigenvalue weighted by atomic mass is 10.1. The molecule has 23 heavy (non-hydrogen) atoms. The highest BCUT2D eigenvalue weighted by Crippen LogP contribution is 2.27. The van der Waals surface area contributed by atoms with Crippen LogP contribution in [0.5, 0.6) is 5.75 Å². The number of hydrogen-bond acceptors (Lipinski definition) is 5. The van der Waals surface area contributed by atoms with Crippen molar-refractivity contribution in [2.45, 2.75) is 10.9 Å². The number of likely N-dealkylation sites (N-methyl/N-ethyl adjacent to an activating group) is 1. The predicted octanol–water partition coefficient (Wildman–Crippen LogP) is 2.99. The molecule has 1 aromatic carbocycles. The molecule has 0 fully saturated rings. The minimum Gasteiger partial charge on any atom is -0.495 e. The highest BCUT2D eigenvalue weighted by Gasteiger charge is 2.20. The number of thiophene rings is 1. The molecule has 1 aromatic heterocycles. The van der Waals surface area contributed by atoms with Gasteiger partial charge in [-0.15, -0.1) is 0 Å². The zero-order valence-corrected chi connectivity index (χ0v) is 15.5. The molecule has 2 aromatic rings. The maximum absolute atomic E-state index is 12.5. The SMILES string of the molecule is COc1ccc(S(=O)(=O)NC[C@@H](c2ccsc2)N(C)C)cc1Cl. The van der Waals surface area contributed by atoms with E-state index >= 15 is 0 Å². The summed E-state index contributed by atoms with van der Waals surface area (Å²) in [5.74, 6) is 0.440. The zero-order chi connectivity index (χ0) is 17.0. The molecule has 0 amide bonds. The first kappa shape index (κ1) is 18.2. The third kappa shape index (κ3) is 4.45. The van der Waals surface area contributed by atoms with Crippen LogP contribution < -0.4 is 9.46 Å². The number of nitrogens with one attached hydrogen (secondary N) is 1. The molecule has 8 heteroatoms. The van der Waals surface area contributed by atoms with Crippen LogP contribution in [-0.4, -0.2) is 41.1 Å². The van der Waals surface area contributed by atoms with Crippen molar-refractivity contribution in [1.29, 1.82) is 0 Å². The summed E-state index contributed by atoms with van der Waals surface area (Å²) < 4.78 is 32.6. The summed E-state index contributed by atoms with van der Waals surface area (Å²) in [4.78, 5) is 2.09. The van der Waals surface area contributed by atoms with Crippen LogP contribution in [0.1, 0.15) is 11.6 Å². The van der Waals surface area contributed by atoms with Crippen LogP contribution in [0.15, 0.2) is 39.9 Å². The Morgan fingerprint density at radius 1 is 1.35 bits per heavy atom. The average molecular weight is 375 g/mol. The Hall–Kier alpha value is -1.12. The number of nitrogens with zero attached hydrogens (tertiary/aromatic N) is 1. The average Bonchev–Trinajstić information content (AvgIpc) is 3.01. The van der Waals surface area contributed by atoms with E-state index < -0.39 is 10.0 Å². The highest BCUT2D eigenvalue weighted by molar-refractivity contribution is 7.89. The lowest BCUT2D eigenvalue weighted by Crippen LogP contribution is -2.34. The van der Waals surface area contributed by atoms with E-state index in [9.17, 15) is 8.42 Å². The van der Waals surface area contributed by atoms with Gasteiger partial charge in [-0.3, -0.25) is 0 Å². The van der Waals surface area contributed by atoms with Gasteiger partial charge in [-0.25, -0.2) is 13.1 Å². The van der Waals surface area contributed by atoms with Gasteiger partial charge < -0.3 is 9.64 Å². The van der Waals surface area contributed by atoms with Crippen molar-refractivity contribution in [3.05, 3.63) is 45.6 Å². The molecule has 2 rings (SSSR count). The van der Waals surface area contributed by atoms with Crippen molar-refractivity contribution in [3.8, 4) is 5.75 Å². The maximum Gasteiger partial charge on any atom is 0.240 e. The molecule has 0 unspecified atom stereocenters. The van der Waals surface area contributed by atoms with Crippen molar-refractivity contribution in [2.24, 2.45) is 0 Å². The summed E-state index contributed by atoms with van der Waals surface area (Å²) in [7, 11) is 1.68. The minimum absolute atomic E-state index is 0.0373. The summed E-state index contributed by atoms with van der Waals surface area (Å²) >= 11 is 7.59. The second kappa shape index (κ2) is 7.63. The van der Waals surface area contributed by atoms with E-state index in [0.717, 1.165) is 5.56 Å². The molecule has 0 bridgehead atoms. The van der Waals surface area contributed by atoms with Crippen molar-refractivity contribution >= 4 is 33.0 Å². The van der Waals surface area contributed by atoms with Crippen LogP contribution in [0.25, 0.3) is 0 Å². The molecule has 0 aliphatic rings. The minimum atomic E-state index is -3.64. The fraction of sp³-hybridized carbons (Fsp3) is 0.333. The molecule has 0 saturated heterocycles. The van der Waals surface area contributed by atoms with Gasteiger partial charge in [0, 0.05) is 12.6 Å². The van der Waals surface area contributed by atoms with Crippen molar-refractivity contribution in [1.82, 2.24) is 9.62 Å². The van der Waals surface area contributed by atoms with Gasteiger partial charge in [0.2, 0.25) is 10.0 Å². The van der Waals surface area contributed by atoms with E-state index in [-0.39, 0.29) is 22.5 Å². The van der Waals surface area contributed by atoms with E-state index in [0.29, 0.717) is 5.75 Å². The summed E-state index contributed by atoms with van der Waals surface area (Å²) in [6.45, 7) is 0.274. The van der Waals surface area contributed by atoms with E-state index in [1.165, 1.54) is 19.2 Å². The fourth-order valence-corrected chi connectivity index (χ4v) is 4.24. The molecule has 0 radical (unpaired) electrons. The van der Waals surface area contributed by atoms with Crippen LogP contribution in [0.3, 0.4) is 0 Å². The van der Waals surface area contributed by atoms with Crippen LogP contribution >= 0.6 is 22.9 Å². The molecule has 1 atom stereocenters. The quantitative estimate of drug-likeness (QED) is 0.809. The van der Waals surface area contributed by atoms with Gasteiger partial charge in [-0.05, 0) is 54.7 Å². The Morgan fingerprint density at radius 2 is 2.09 bits per heavy atom. The first-order chi connectivity index (χ1) is 10.8. The number of rotatable bonds is 7. The molecular weight excluding hydrogens is 356 g/mol. The van der Waals surface area contributed by atoms with Gasteiger partial charge in [0.25, 0.3) is 0 Å². The summed E-state index contributed by atoms with van der Waals surface area (Å²) in [6.07, 6.45) is 0. The Bertz CT molecular complexity index is 746. The first-order valence-electron chi connectivity index (χ1n) is 6.87. The fourth-order valence-electron chi connectivity index (χ4n) is 2.15. The smallest absolute Gasteiger partial charge is 0.240 e. The Balaban J connectivity index is 2.16. The second-order valence-electron chi connectivity index (χ2n) is 5.18. The number of benzene rings is 1. The number of halogens is 1. The third-order valence-corrected chi connectivity index (χ3v) is 5.87. The van der Waals surface area contributed by atoms with E-state index in [2.05, 4.69) is 4.72 Å². The maximum atomic E-state index is 12.5. The molecule has 1 N–H and O–H groups in total. The Labute approximate surface area is 145 Å². The lowest BCUT2D eigenvalue weighted by molar-refractivity contribution is 0.300. The predicted molar refractivity (Wildman–Crippen MR) is 93.9 cm³/mol. The zero-order valence-electron chi connectivity index (χ0n) is 13.1. The second-order valence-corrected chi connectivity index (χ2v) is 8.14. The molecule has 0 aliphatic carbocycles. The van der Waals surface area contributed by atoms with E-state index in [1.54, 1.807) is 17.4 Å². The van der Waals surface area contributed by atoms with Gasteiger partial charge in [0.15, 0.2) is 0 Å². The van der Waals surface area contributed by atoms with Crippen LogP contribution in [0.4, 0.5) is 0 Å². The number of sulfonamides is 1. The summed E-state index contributed by atoms with van der Waals surface area (Å²) in [5, 5.41) is 4.25. The number of hydrogen-bond donors (Lipinski definition) is 1. The van der Waals surface area contributed by atoms with Crippen LogP contribution in [0, 0.1) is 0 Å². The largest absolute Gasteiger partial charge is 0.495 e. The molecule has 5 nitrogen and oxygen atoms in total. The lowest BCUT2D eigenvalue weighted by Gasteiger charge is -2.24. The van der Waals surface area contributed by atoms with Gasteiger partial charge in [0.1, 0.15) is 5.75 Å². The first-order valence-corrected chi connectivity index (χ1v) is 9.67. The highest BCUT2D eigenvalue weighted by atomic mass is 35.5. The van der Waals surface area contributed by atoms with E-state index in [1.807, 2.05) is 35.8 Å². The Kier molecular flexibility index (Phi) is 6.05. The topological polar surface area (TPSA) is 58.6 Å². The molecule has 1 heterocycles. The molecule has 126 valence electrons. The molecule has 0 spiro atoms. The third-order valence-electron chi connectivity index (χ3n) is 3.45. The van der Waals surface area contributed by atoms with Crippen molar-refractivity contribution < 1.29 is 13.2 Å². The van der Waals surface area contributed by atoms with E-state index in [4.69, 9.17) is 16.3 Å². The van der Waals surface area contributed by atoms with Crippen molar-refractivity contribution in [3.63, 3.8) is 0 Å². The Morgan fingerprint density at radius 3 is 2.61 bits per heavy atom. The monoisotopic (exact) mass is 374 g/mol. The van der Waals surface area contributed by atoms with Gasteiger partial charge in [0.05, 0.1) is 17.0 Å². The number of ether oxygens (including phenoxy) is 1. The molecule has 0 saturated carbocycles. The van der Waals surface area contributed by atoms with Gasteiger partial charge >= 0.3 is 0 Å². The van der Waals surface area contributed by atoms with Crippen LogP contribution in [0.2, 0.25) is 5.02 Å². The summed E-state index contributed by atoms with van der Waals surface area (Å²) in [6, 6.07) is 6.36.